The zero-order valence-corrected chi connectivity index (χ0v) is 16.7. The molecule has 2 N–H and O–H groups in total. The van der Waals surface area contributed by atoms with Gasteiger partial charge in [0.15, 0.2) is 16.7 Å². The van der Waals surface area contributed by atoms with Gasteiger partial charge in [0.05, 0.1) is 19.1 Å². The Bertz CT molecular complexity index is 975. The third-order valence-electron chi connectivity index (χ3n) is 4.15. The largest absolute Gasteiger partial charge is 0.506 e. The maximum Gasteiger partial charge on any atom is 0.266 e. The first kappa shape index (κ1) is 19.6. The molecule has 0 spiro atoms. The Balaban J connectivity index is 1.96. The molecule has 1 amide bonds. The second-order valence-corrected chi connectivity index (χ2v) is 7.14. The normalized spacial score (nSPS) is 16.9. The lowest BCUT2D eigenvalue weighted by atomic mass is 10.1. The van der Waals surface area contributed by atoms with Crippen LogP contribution in [0.4, 0.5) is 5.69 Å². The molecule has 28 heavy (non-hydrogen) atoms. The van der Waals surface area contributed by atoms with Crippen LogP contribution in [-0.2, 0) is 4.79 Å². The van der Waals surface area contributed by atoms with Gasteiger partial charge in [-0.1, -0.05) is 6.07 Å². The molecule has 0 saturated carbocycles. The zero-order valence-electron chi connectivity index (χ0n) is 15.9. The number of phenols is 2. The van der Waals surface area contributed by atoms with Crippen LogP contribution in [0.2, 0.25) is 0 Å². The molecule has 2 aromatic rings. The van der Waals surface area contributed by atoms with E-state index in [2.05, 4.69) is 4.99 Å². The van der Waals surface area contributed by atoms with Gasteiger partial charge in [-0.15, -0.1) is 0 Å². The number of aromatic hydroxyl groups is 2. The van der Waals surface area contributed by atoms with Gasteiger partial charge in [0.25, 0.3) is 5.91 Å². The fraction of sp³-hybridized carbons (Fsp3) is 0.200. The Kier molecular flexibility index (Phi) is 5.51. The summed E-state index contributed by atoms with van der Waals surface area (Å²) < 4.78 is 10.3. The van der Waals surface area contributed by atoms with Crippen molar-refractivity contribution in [3.8, 4) is 23.0 Å². The monoisotopic (exact) mass is 400 g/mol. The topological polar surface area (TPSA) is 91.6 Å². The average Bonchev–Trinajstić information content (AvgIpc) is 2.93. The minimum Gasteiger partial charge on any atom is -0.506 e. The van der Waals surface area contributed by atoms with E-state index < -0.39 is 0 Å². The molecular weight excluding hydrogens is 380 g/mol. The summed E-state index contributed by atoms with van der Waals surface area (Å²) in [4.78, 5) is 18.9. The smallest absolute Gasteiger partial charge is 0.266 e. The first-order chi connectivity index (χ1) is 13.3. The molecule has 1 saturated heterocycles. The molecule has 0 unspecified atom stereocenters. The van der Waals surface area contributed by atoms with Crippen LogP contribution in [0.3, 0.4) is 0 Å². The van der Waals surface area contributed by atoms with Gasteiger partial charge in [0.2, 0.25) is 5.75 Å². The van der Waals surface area contributed by atoms with Crippen LogP contribution in [0.1, 0.15) is 11.1 Å². The summed E-state index contributed by atoms with van der Waals surface area (Å²) in [6.45, 7) is 1.87. The lowest BCUT2D eigenvalue weighted by Gasteiger charge is -2.09. The number of rotatable bonds is 4. The van der Waals surface area contributed by atoms with Crippen LogP contribution < -0.4 is 9.47 Å². The fourth-order valence-corrected chi connectivity index (χ4v) is 3.61. The molecule has 0 aliphatic carbocycles. The SMILES string of the molecule is COc1cc(/C=C2\SC(=Nc3ccc(C)cc3O)N(C)C2=O)cc(OC)c1O. The minimum absolute atomic E-state index is 0.0550. The number of amidine groups is 1. The first-order valence-electron chi connectivity index (χ1n) is 8.35. The van der Waals surface area contributed by atoms with Gasteiger partial charge in [-0.2, -0.15) is 0 Å². The molecule has 0 bridgehead atoms. The highest BCUT2D eigenvalue weighted by atomic mass is 32.2. The summed E-state index contributed by atoms with van der Waals surface area (Å²) in [5.41, 5.74) is 1.94. The van der Waals surface area contributed by atoms with Gasteiger partial charge < -0.3 is 19.7 Å². The molecule has 1 aliphatic rings. The van der Waals surface area contributed by atoms with Crippen molar-refractivity contribution in [3.63, 3.8) is 0 Å². The molecule has 2 aromatic carbocycles. The number of aliphatic imine (C=N–C) groups is 1. The summed E-state index contributed by atoms with van der Waals surface area (Å²) in [7, 11) is 4.50. The van der Waals surface area contributed by atoms with E-state index in [-0.39, 0.29) is 28.9 Å². The van der Waals surface area contributed by atoms with E-state index in [1.165, 1.54) is 30.9 Å². The van der Waals surface area contributed by atoms with E-state index in [4.69, 9.17) is 9.47 Å². The van der Waals surface area contributed by atoms with Crippen LogP contribution >= 0.6 is 11.8 Å². The number of ether oxygens (including phenoxy) is 2. The second kappa shape index (κ2) is 7.85. The number of amides is 1. The molecule has 7 nitrogen and oxygen atoms in total. The van der Waals surface area contributed by atoms with Crippen LogP contribution in [0, 0.1) is 6.92 Å². The number of phenolic OH excluding ortho intramolecular Hbond substituents is 2. The van der Waals surface area contributed by atoms with Crippen molar-refractivity contribution in [1.82, 2.24) is 4.90 Å². The maximum atomic E-state index is 12.6. The summed E-state index contributed by atoms with van der Waals surface area (Å²) >= 11 is 1.19. The number of methoxy groups -OCH3 is 2. The number of carbonyl (C=O) groups excluding carboxylic acids is 1. The van der Waals surface area contributed by atoms with E-state index in [9.17, 15) is 15.0 Å². The standard InChI is InChI=1S/C20H20N2O5S/c1-11-5-6-13(14(23)7-11)21-20-22(2)19(25)17(28-20)10-12-8-15(26-3)18(24)16(9-12)27-4/h5-10,23-24H,1-4H3/b17-10-,21-20?. The third kappa shape index (κ3) is 3.77. The molecule has 1 fully saturated rings. The summed E-state index contributed by atoms with van der Waals surface area (Å²) in [6.07, 6.45) is 1.67. The van der Waals surface area contributed by atoms with Gasteiger partial charge in [-0.25, -0.2) is 4.99 Å². The van der Waals surface area contributed by atoms with Crippen molar-refractivity contribution in [2.75, 3.05) is 21.3 Å². The fourth-order valence-electron chi connectivity index (χ4n) is 2.63. The molecule has 1 heterocycles. The molecule has 8 heteroatoms. The first-order valence-corrected chi connectivity index (χ1v) is 9.16. The van der Waals surface area contributed by atoms with E-state index in [0.717, 1.165) is 5.56 Å². The Labute approximate surface area is 166 Å². The number of hydrogen-bond acceptors (Lipinski definition) is 7. The van der Waals surface area contributed by atoms with Crippen molar-refractivity contribution >= 4 is 34.6 Å². The number of benzene rings is 2. The van der Waals surface area contributed by atoms with Crippen molar-refractivity contribution < 1.29 is 24.5 Å². The van der Waals surface area contributed by atoms with E-state index in [0.29, 0.717) is 21.3 Å². The van der Waals surface area contributed by atoms with Gasteiger partial charge >= 0.3 is 0 Å². The Hall–Kier alpha value is -3.13. The Morgan fingerprint density at radius 2 is 1.75 bits per heavy atom. The molecule has 0 atom stereocenters. The van der Waals surface area contributed by atoms with Gasteiger partial charge in [-0.05, 0) is 60.2 Å². The number of nitrogens with zero attached hydrogens (tertiary/aromatic N) is 2. The van der Waals surface area contributed by atoms with E-state index in [1.807, 2.05) is 13.0 Å². The highest BCUT2D eigenvalue weighted by Gasteiger charge is 2.30. The molecule has 1 aliphatic heterocycles. The number of thioether (sulfide) groups is 1. The number of hydrogen-bond donors (Lipinski definition) is 2. The molecule has 0 radical (unpaired) electrons. The number of likely N-dealkylation sites (N-methyl/N-ethyl adjacent to an activating group) is 1. The minimum atomic E-state index is -0.221. The van der Waals surface area contributed by atoms with Crippen molar-refractivity contribution in [2.24, 2.45) is 4.99 Å². The van der Waals surface area contributed by atoms with Crippen LogP contribution in [0.5, 0.6) is 23.0 Å². The van der Waals surface area contributed by atoms with Crippen LogP contribution in [0.25, 0.3) is 6.08 Å². The lowest BCUT2D eigenvalue weighted by Crippen LogP contribution is -2.23. The summed E-state index contributed by atoms with van der Waals surface area (Å²) in [5, 5.41) is 20.5. The second-order valence-electron chi connectivity index (χ2n) is 6.14. The Morgan fingerprint density at radius 1 is 1.11 bits per heavy atom. The molecule has 0 aromatic heterocycles. The van der Waals surface area contributed by atoms with Gasteiger partial charge in [-0.3, -0.25) is 9.69 Å². The molecular formula is C20H20N2O5S. The number of carbonyl (C=O) groups is 1. The summed E-state index contributed by atoms with van der Waals surface area (Å²) in [6, 6.07) is 8.38. The van der Waals surface area contributed by atoms with Gasteiger partial charge in [0, 0.05) is 7.05 Å². The van der Waals surface area contributed by atoms with Crippen molar-refractivity contribution in [1.29, 1.82) is 0 Å². The quantitative estimate of drug-likeness (QED) is 0.761. The predicted octanol–water partition coefficient (Wildman–Crippen LogP) is 3.66. The molecule has 3 rings (SSSR count). The van der Waals surface area contributed by atoms with Gasteiger partial charge in [0.1, 0.15) is 11.4 Å². The van der Waals surface area contributed by atoms with Crippen LogP contribution in [0.15, 0.2) is 40.2 Å². The van der Waals surface area contributed by atoms with Crippen molar-refractivity contribution in [3.05, 3.63) is 46.4 Å². The highest BCUT2D eigenvalue weighted by Crippen LogP contribution is 2.40. The van der Waals surface area contributed by atoms with E-state index in [1.54, 1.807) is 37.4 Å². The third-order valence-corrected chi connectivity index (χ3v) is 5.21. The van der Waals surface area contributed by atoms with E-state index >= 15 is 0 Å². The summed E-state index contributed by atoms with van der Waals surface area (Å²) in [5.74, 6) is 0.217. The number of aryl methyl sites for hydroxylation is 1. The lowest BCUT2D eigenvalue weighted by molar-refractivity contribution is -0.121. The van der Waals surface area contributed by atoms with Crippen molar-refractivity contribution in [2.45, 2.75) is 6.92 Å². The maximum absolute atomic E-state index is 12.6. The predicted molar refractivity (Wildman–Crippen MR) is 109 cm³/mol. The Morgan fingerprint density at radius 3 is 2.32 bits per heavy atom. The zero-order chi connectivity index (χ0) is 20.4. The highest BCUT2D eigenvalue weighted by molar-refractivity contribution is 8.18. The van der Waals surface area contributed by atoms with Crippen LogP contribution in [-0.4, -0.2) is 47.5 Å². The average molecular weight is 400 g/mol. The molecule has 146 valence electrons.